The summed E-state index contributed by atoms with van der Waals surface area (Å²) >= 11 is 0. The lowest BCUT2D eigenvalue weighted by atomic mass is 9.82. The van der Waals surface area contributed by atoms with Crippen molar-refractivity contribution in [2.75, 3.05) is 6.61 Å². The summed E-state index contributed by atoms with van der Waals surface area (Å²) < 4.78 is 49.9. The van der Waals surface area contributed by atoms with Gasteiger partial charge in [0.1, 0.15) is 17.4 Å². The van der Waals surface area contributed by atoms with E-state index in [9.17, 15) is 23.2 Å². The van der Waals surface area contributed by atoms with Gasteiger partial charge in [0.25, 0.3) is 0 Å². The number of rotatable bonds is 5. The highest BCUT2D eigenvalue weighted by Gasteiger charge is 2.38. The molecule has 0 amide bonds. The summed E-state index contributed by atoms with van der Waals surface area (Å²) in [6, 6.07) is 6.32. The second kappa shape index (κ2) is 8.16. The van der Waals surface area contributed by atoms with E-state index in [1.165, 1.54) is 12.1 Å². The Balaban J connectivity index is 2.70. The number of hydrogen-bond acceptors (Lipinski definition) is 5. The fraction of sp³-hybridized carbons (Fsp3) is 0.368. The lowest BCUT2D eigenvalue weighted by Gasteiger charge is -2.28. The van der Waals surface area contributed by atoms with Crippen LogP contribution >= 0.6 is 0 Å². The third-order valence-electron chi connectivity index (χ3n) is 4.02. The van der Waals surface area contributed by atoms with E-state index in [1.54, 1.807) is 6.92 Å². The largest absolute Gasteiger partial charge is 0.463 e. The van der Waals surface area contributed by atoms with Gasteiger partial charge in [0.05, 0.1) is 23.7 Å². The van der Waals surface area contributed by atoms with E-state index in [1.807, 2.05) is 13.0 Å². The van der Waals surface area contributed by atoms with Gasteiger partial charge in [0.15, 0.2) is 0 Å². The summed E-state index contributed by atoms with van der Waals surface area (Å²) in [7, 11) is 0. The Morgan fingerprint density at radius 3 is 2.63 bits per heavy atom. The van der Waals surface area contributed by atoms with Crippen LogP contribution in [0.4, 0.5) is 13.2 Å². The highest BCUT2D eigenvalue weighted by molar-refractivity contribution is 5.92. The predicted octanol–water partition coefficient (Wildman–Crippen LogP) is 4.13. The number of nitriles is 1. The molecule has 2 N–H and O–H groups in total. The minimum atomic E-state index is -4.57. The Hall–Kier alpha value is -2.95. The quantitative estimate of drug-likeness (QED) is 0.777. The standard InChI is InChI=1S/C19H19F3N2O3/c1-3-6-14-16(18(25)26-4-2)15(13(10-23)17(24)27-14)11-7-5-8-12(9-11)19(20,21)22/h5,7-9,15H,3-4,6,24H2,1-2H3. The van der Waals surface area contributed by atoms with Crippen LogP contribution in [-0.2, 0) is 20.4 Å². The van der Waals surface area contributed by atoms with Crippen molar-refractivity contribution in [2.24, 2.45) is 5.73 Å². The Morgan fingerprint density at radius 2 is 2.07 bits per heavy atom. The molecule has 0 spiro atoms. The average molecular weight is 380 g/mol. The molecule has 0 radical (unpaired) electrons. The third kappa shape index (κ3) is 4.25. The van der Waals surface area contributed by atoms with Crippen LogP contribution in [0.1, 0.15) is 43.7 Å². The van der Waals surface area contributed by atoms with Crippen LogP contribution in [0.3, 0.4) is 0 Å². The first-order valence-corrected chi connectivity index (χ1v) is 8.39. The molecule has 1 unspecified atom stereocenters. The molecule has 27 heavy (non-hydrogen) atoms. The van der Waals surface area contributed by atoms with Gasteiger partial charge in [0.2, 0.25) is 5.88 Å². The van der Waals surface area contributed by atoms with E-state index in [-0.39, 0.29) is 35.0 Å². The van der Waals surface area contributed by atoms with Gasteiger partial charge in [0, 0.05) is 6.42 Å². The van der Waals surface area contributed by atoms with Crippen LogP contribution in [0.5, 0.6) is 0 Å². The number of halogens is 3. The zero-order valence-corrected chi connectivity index (χ0v) is 14.9. The maximum Gasteiger partial charge on any atom is 0.416 e. The minimum absolute atomic E-state index is 0.00349. The molecule has 0 aromatic heterocycles. The lowest BCUT2D eigenvalue weighted by Crippen LogP contribution is -2.26. The van der Waals surface area contributed by atoms with Gasteiger partial charge in [-0.3, -0.25) is 0 Å². The van der Waals surface area contributed by atoms with Gasteiger partial charge in [-0.2, -0.15) is 18.4 Å². The van der Waals surface area contributed by atoms with Crippen molar-refractivity contribution in [1.82, 2.24) is 0 Å². The van der Waals surface area contributed by atoms with Crippen molar-refractivity contribution in [3.8, 4) is 6.07 Å². The van der Waals surface area contributed by atoms with Crippen molar-refractivity contribution in [3.05, 3.63) is 58.2 Å². The minimum Gasteiger partial charge on any atom is -0.463 e. The number of allylic oxidation sites excluding steroid dienone is 2. The van der Waals surface area contributed by atoms with Crippen molar-refractivity contribution in [1.29, 1.82) is 5.26 Å². The van der Waals surface area contributed by atoms with Crippen molar-refractivity contribution < 1.29 is 27.4 Å². The number of carbonyl (C=O) groups is 1. The van der Waals surface area contributed by atoms with E-state index in [0.29, 0.717) is 12.8 Å². The van der Waals surface area contributed by atoms with Gasteiger partial charge in [-0.1, -0.05) is 25.1 Å². The molecule has 0 aliphatic carbocycles. The molecular formula is C19H19F3N2O3. The van der Waals surface area contributed by atoms with E-state index >= 15 is 0 Å². The fourth-order valence-electron chi connectivity index (χ4n) is 2.89. The first-order chi connectivity index (χ1) is 12.7. The van der Waals surface area contributed by atoms with Gasteiger partial charge in [-0.05, 0) is 25.0 Å². The van der Waals surface area contributed by atoms with Crippen LogP contribution < -0.4 is 5.73 Å². The number of ether oxygens (including phenoxy) is 2. The summed E-state index contributed by atoms with van der Waals surface area (Å²) in [5.41, 5.74) is 4.93. The summed E-state index contributed by atoms with van der Waals surface area (Å²) in [6.07, 6.45) is -3.64. The molecular weight excluding hydrogens is 361 g/mol. The van der Waals surface area contributed by atoms with Crippen molar-refractivity contribution in [2.45, 2.75) is 38.8 Å². The molecule has 0 fully saturated rings. The highest BCUT2D eigenvalue weighted by Crippen LogP contribution is 2.42. The van der Waals surface area contributed by atoms with Crippen molar-refractivity contribution in [3.63, 3.8) is 0 Å². The highest BCUT2D eigenvalue weighted by atomic mass is 19.4. The van der Waals surface area contributed by atoms with Gasteiger partial charge in [-0.25, -0.2) is 4.79 Å². The van der Waals surface area contributed by atoms with Crippen LogP contribution in [0, 0.1) is 11.3 Å². The van der Waals surface area contributed by atoms with Crippen LogP contribution in [0.25, 0.3) is 0 Å². The topological polar surface area (TPSA) is 85.3 Å². The second-order valence-corrected chi connectivity index (χ2v) is 5.86. The molecule has 1 aromatic carbocycles. The van der Waals surface area contributed by atoms with Gasteiger partial charge >= 0.3 is 12.1 Å². The predicted molar refractivity (Wildman–Crippen MR) is 90.7 cm³/mol. The Morgan fingerprint density at radius 1 is 1.37 bits per heavy atom. The number of hydrogen-bond donors (Lipinski definition) is 1. The molecule has 1 aliphatic rings. The molecule has 144 valence electrons. The molecule has 8 heteroatoms. The SMILES string of the molecule is CCCC1=C(C(=O)OCC)C(c2cccc(C(F)(F)F)c2)C(C#N)=C(N)O1. The van der Waals surface area contributed by atoms with E-state index in [4.69, 9.17) is 15.2 Å². The number of carbonyl (C=O) groups excluding carboxylic acids is 1. The van der Waals surface area contributed by atoms with E-state index < -0.39 is 23.6 Å². The lowest BCUT2D eigenvalue weighted by molar-refractivity contribution is -0.139. The first kappa shape index (κ1) is 20.4. The van der Waals surface area contributed by atoms with Crippen molar-refractivity contribution >= 4 is 5.97 Å². The average Bonchev–Trinajstić information content (AvgIpc) is 2.61. The Labute approximate surface area is 154 Å². The third-order valence-corrected chi connectivity index (χ3v) is 4.02. The summed E-state index contributed by atoms with van der Waals surface area (Å²) in [4.78, 5) is 12.6. The van der Waals surface area contributed by atoms with Crippen LogP contribution in [-0.4, -0.2) is 12.6 Å². The molecule has 1 heterocycles. The summed E-state index contributed by atoms with van der Waals surface area (Å²) in [5.74, 6) is -1.86. The van der Waals surface area contributed by atoms with Gasteiger partial charge in [-0.15, -0.1) is 0 Å². The molecule has 2 rings (SSSR count). The number of nitrogens with zero attached hydrogens (tertiary/aromatic N) is 1. The number of esters is 1. The molecule has 1 aromatic rings. The maximum atomic E-state index is 13.1. The number of benzene rings is 1. The summed E-state index contributed by atoms with van der Waals surface area (Å²) in [5, 5.41) is 9.50. The van der Waals surface area contributed by atoms with E-state index in [2.05, 4.69) is 0 Å². The molecule has 5 nitrogen and oxygen atoms in total. The zero-order valence-electron chi connectivity index (χ0n) is 14.9. The smallest absolute Gasteiger partial charge is 0.416 e. The first-order valence-electron chi connectivity index (χ1n) is 8.39. The Bertz CT molecular complexity index is 835. The van der Waals surface area contributed by atoms with Crippen LogP contribution in [0.2, 0.25) is 0 Å². The van der Waals surface area contributed by atoms with Gasteiger partial charge < -0.3 is 15.2 Å². The van der Waals surface area contributed by atoms with Crippen LogP contribution in [0.15, 0.2) is 47.1 Å². The number of alkyl halides is 3. The Kier molecular flexibility index (Phi) is 6.16. The molecule has 0 saturated carbocycles. The molecule has 0 saturated heterocycles. The molecule has 1 atom stereocenters. The number of nitrogens with two attached hydrogens (primary N) is 1. The molecule has 0 bridgehead atoms. The fourth-order valence-corrected chi connectivity index (χ4v) is 2.89. The normalized spacial score (nSPS) is 17.4. The second-order valence-electron chi connectivity index (χ2n) is 5.86. The molecule has 1 aliphatic heterocycles. The zero-order chi connectivity index (χ0) is 20.2. The monoisotopic (exact) mass is 380 g/mol. The summed E-state index contributed by atoms with van der Waals surface area (Å²) in [6.45, 7) is 3.52. The maximum absolute atomic E-state index is 13.1. The van der Waals surface area contributed by atoms with E-state index in [0.717, 1.165) is 12.1 Å².